The van der Waals surface area contributed by atoms with Gasteiger partial charge in [0.05, 0.1) is 4.90 Å². The van der Waals surface area contributed by atoms with E-state index in [2.05, 4.69) is 10.6 Å². The molecule has 5 fully saturated rings. The SMILES string of the molecule is Cc1cccc(S(=O)(=O)N2CCCCC2CNC(=O)NC23CC4CC(CC(C4)C2)C3)c1. The number of rotatable bonds is 5. The number of benzene rings is 1. The number of aryl methyl sites for hydroxylation is 1. The first-order chi connectivity index (χ1) is 14.8. The lowest BCUT2D eigenvalue weighted by Gasteiger charge is -2.56. The molecule has 7 heteroatoms. The van der Waals surface area contributed by atoms with Gasteiger partial charge in [-0.05, 0) is 93.7 Å². The second-order valence-corrected chi connectivity index (χ2v) is 12.5. The van der Waals surface area contributed by atoms with Crippen molar-refractivity contribution in [3.05, 3.63) is 29.8 Å². The fourth-order valence-electron chi connectivity index (χ4n) is 7.16. The summed E-state index contributed by atoms with van der Waals surface area (Å²) in [7, 11) is -3.56. The summed E-state index contributed by atoms with van der Waals surface area (Å²) in [6, 6.07) is 6.78. The molecule has 1 heterocycles. The maximum absolute atomic E-state index is 13.3. The van der Waals surface area contributed by atoms with E-state index in [4.69, 9.17) is 0 Å². The van der Waals surface area contributed by atoms with Crippen molar-refractivity contribution in [2.45, 2.75) is 81.2 Å². The molecule has 1 unspecified atom stereocenters. The predicted octanol–water partition coefficient (Wildman–Crippen LogP) is 3.81. The Morgan fingerprint density at radius 3 is 2.42 bits per heavy atom. The van der Waals surface area contributed by atoms with Crippen LogP contribution in [0.3, 0.4) is 0 Å². The summed E-state index contributed by atoms with van der Waals surface area (Å²) in [6.07, 6.45) is 10.0. The fraction of sp³-hybridized carbons (Fsp3) is 0.708. The summed E-state index contributed by atoms with van der Waals surface area (Å²) in [5.74, 6) is 2.33. The number of carbonyl (C=O) groups is 1. The maximum Gasteiger partial charge on any atom is 0.315 e. The number of nitrogens with zero attached hydrogens (tertiary/aromatic N) is 1. The molecule has 1 aromatic rings. The molecule has 0 radical (unpaired) electrons. The molecule has 1 saturated heterocycles. The van der Waals surface area contributed by atoms with Gasteiger partial charge < -0.3 is 10.6 Å². The molecule has 0 aromatic heterocycles. The summed E-state index contributed by atoms with van der Waals surface area (Å²) >= 11 is 0. The van der Waals surface area contributed by atoms with Crippen LogP contribution in [0.4, 0.5) is 4.79 Å². The molecule has 1 aliphatic heterocycles. The van der Waals surface area contributed by atoms with Gasteiger partial charge in [-0.15, -0.1) is 0 Å². The van der Waals surface area contributed by atoms with Crippen molar-refractivity contribution in [2.24, 2.45) is 17.8 Å². The van der Waals surface area contributed by atoms with Crippen LogP contribution in [0.1, 0.15) is 63.4 Å². The van der Waals surface area contributed by atoms with E-state index in [1.54, 1.807) is 22.5 Å². The Labute approximate surface area is 186 Å². The zero-order valence-electron chi connectivity index (χ0n) is 18.5. The van der Waals surface area contributed by atoms with Crippen molar-refractivity contribution in [3.8, 4) is 0 Å². The summed E-state index contributed by atoms with van der Waals surface area (Å²) in [6.45, 7) is 2.78. The molecular formula is C24H35N3O3S. The smallest absolute Gasteiger partial charge is 0.315 e. The van der Waals surface area contributed by atoms with Gasteiger partial charge in [0.2, 0.25) is 10.0 Å². The van der Waals surface area contributed by atoms with E-state index >= 15 is 0 Å². The Morgan fingerprint density at radius 1 is 1.10 bits per heavy atom. The highest BCUT2D eigenvalue weighted by Crippen LogP contribution is 2.55. The average Bonchev–Trinajstić information content (AvgIpc) is 2.71. The lowest BCUT2D eigenvalue weighted by molar-refractivity contribution is -0.0135. The summed E-state index contributed by atoms with van der Waals surface area (Å²) in [4.78, 5) is 13.2. The average molecular weight is 446 g/mol. The Balaban J connectivity index is 1.23. The van der Waals surface area contributed by atoms with Gasteiger partial charge in [0.25, 0.3) is 0 Å². The lowest BCUT2D eigenvalue weighted by atomic mass is 9.53. The molecule has 2 amide bonds. The minimum atomic E-state index is -3.56. The molecule has 6 nitrogen and oxygen atoms in total. The van der Waals surface area contributed by atoms with Crippen LogP contribution in [0.5, 0.6) is 0 Å². The molecule has 170 valence electrons. The first-order valence-electron chi connectivity index (χ1n) is 12.0. The van der Waals surface area contributed by atoms with Crippen molar-refractivity contribution >= 4 is 16.1 Å². The van der Waals surface area contributed by atoms with Gasteiger partial charge in [-0.25, -0.2) is 13.2 Å². The Hall–Kier alpha value is -1.60. The zero-order valence-corrected chi connectivity index (χ0v) is 19.3. The van der Waals surface area contributed by atoms with Gasteiger partial charge in [-0.1, -0.05) is 18.6 Å². The number of amides is 2. The maximum atomic E-state index is 13.3. The largest absolute Gasteiger partial charge is 0.337 e. The van der Waals surface area contributed by atoms with E-state index in [0.717, 1.165) is 61.8 Å². The van der Waals surface area contributed by atoms with Gasteiger partial charge in [-0.3, -0.25) is 0 Å². The van der Waals surface area contributed by atoms with Gasteiger partial charge in [0, 0.05) is 24.7 Å². The number of carbonyl (C=O) groups excluding carboxylic acids is 1. The van der Waals surface area contributed by atoms with E-state index in [0.29, 0.717) is 18.0 Å². The number of hydrogen-bond acceptors (Lipinski definition) is 3. The third kappa shape index (κ3) is 4.23. The summed E-state index contributed by atoms with van der Waals surface area (Å²) < 4.78 is 28.2. The van der Waals surface area contributed by atoms with Crippen molar-refractivity contribution in [2.75, 3.05) is 13.1 Å². The molecule has 5 aliphatic rings. The molecule has 4 saturated carbocycles. The van der Waals surface area contributed by atoms with Gasteiger partial charge >= 0.3 is 6.03 Å². The normalized spacial score (nSPS) is 35.1. The Kier molecular flexibility index (Phi) is 5.53. The quantitative estimate of drug-likeness (QED) is 0.723. The number of nitrogens with one attached hydrogen (secondary N) is 2. The van der Waals surface area contributed by atoms with Crippen LogP contribution in [0.2, 0.25) is 0 Å². The first kappa shape index (κ1) is 21.3. The van der Waals surface area contributed by atoms with Crippen LogP contribution in [-0.2, 0) is 10.0 Å². The number of hydrogen-bond donors (Lipinski definition) is 2. The van der Waals surface area contributed by atoms with E-state index < -0.39 is 10.0 Å². The third-order valence-corrected chi connectivity index (χ3v) is 10.0. The van der Waals surface area contributed by atoms with Gasteiger partial charge in [0.15, 0.2) is 0 Å². The third-order valence-electron chi connectivity index (χ3n) is 8.08. The van der Waals surface area contributed by atoms with Crippen LogP contribution in [0, 0.1) is 24.7 Å². The van der Waals surface area contributed by atoms with Crippen molar-refractivity contribution < 1.29 is 13.2 Å². The zero-order chi connectivity index (χ0) is 21.6. The standard InChI is InChI=1S/C24H35N3O3S/c1-17-5-4-7-22(9-17)31(29,30)27-8-3-2-6-21(27)16-25-23(28)26-24-13-18-10-19(14-24)12-20(11-18)15-24/h4-5,7,9,18-21H,2-3,6,8,10-16H2,1H3,(H2,25,26,28). The summed E-state index contributed by atoms with van der Waals surface area (Å²) in [5, 5.41) is 6.37. The fourth-order valence-corrected chi connectivity index (χ4v) is 8.96. The monoisotopic (exact) mass is 445 g/mol. The minimum absolute atomic E-state index is 0.0290. The Bertz CT molecular complexity index is 910. The highest BCUT2D eigenvalue weighted by molar-refractivity contribution is 7.89. The van der Waals surface area contributed by atoms with Crippen LogP contribution < -0.4 is 10.6 Å². The molecule has 31 heavy (non-hydrogen) atoms. The summed E-state index contributed by atoms with van der Waals surface area (Å²) in [5.41, 5.74) is 0.904. The lowest BCUT2D eigenvalue weighted by Crippen LogP contribution is -2.62. The van der Waals surface area contributed by atoms with E-state index in [1.165, 1.54) is 19.3 Å². The second-order valence-electron chi connectivity index (χ2n) is 10.6. The Morgan fingerprint density at radius 2 is 1.77 bits per heavy atom. The van der Waals surface area contributed by atoms with Crippen LogP contribution >= 0.6 is 0 Å². The second kappa shape index (κ2) is 8.07. The molecule has 2 N–H and O–H groups in total. The topological polar surface area (TPSA) is 78.5 Å². The molecule has 6 rings (SSSR count). The minimum Gasteiger partial charge on any atom is -0.337 e. The predicted molar refractivity (Wildman–Crippen MR) is 120 cm³/mol. The van der Waals surface area contributed by atoms with Crippen LogP contribution in [0.15, 0.2) is 29.2 Å². The number of urea groups is 1. The van der Waals surface area contributed by atoms with Crippen molar-refractivity contribution in [1.82, 2.24) is 14.9 Å². The highest BCUT2D eigenvalue weighted by atomic mass is 32.2. The molecule has 4 bridgehead atoms. The van der Waals surface area contributed by atoms with Gasteiger partial charge in [0.1, 0.15) is 0 Å². The number of sulfonamides is 1. The molecule has 1 aromatic carbocycles. The molecule has 4 aliphatic carbocycles. The molecular weight excluding hydrogens is 410 g/mol. The molecule has 1 atom stereocenters. The molecule has 0 spiro atoms. The van der Waals surface area contributed by atoms with Crippen LogP contribution in [0.25, 0.3) is 0 Å². The van der Waals surface area contributed by atoms with E-state index in [9.17, 15) is 13.2 Å². The van der Waals surface area contributed by atoms with Gasteiger partial charge in [-0.2, -0.15) is 4.31 Å². The number of piperidine rings is 1. The van der Waals surface area contributed by atoms with Crippen molar-refractivity contribution in [3.63, 3.8) is 0 Å². The van der Waals surface area contributed by atoms with E-state index in [-0.39, 0.29) is 17.6 Å². The first-order valence-corrected chi connectivity index (χ1v) is 13.4. The van der Waals surface area contributed by atoms with Crippen molar-refractivity contribution in [1.29, 1.82) is 0 Å². The highest BCUT2D eigenvalue weighted by Gasteiger charge is 2.51. The van der Waals surface area contributed by atoms with Crippen LogP contribution in [-0.4, -0.2) is 43.4 Å². The van der Waals surface area contributed by atoms with E-state index in [1.807, 2.05) is 13.0 Å².